The summed E-state index contributed by atoms with van der Waals surface area (Å²) >= 11 is 0. The van der Waals surface area contributed by atoms with Gasteiger partial charge in [-0.15, -0.1) is 0 Å². The molecule has 3 rings (SSSR count). The molecule has 0 bridgehead atoms. The molecule has 2 fully saturated rings. The third-order valence-corrected chi connectivity index (χ3v) is 5.24. The molecule has 1 amide bonds. The molecular weight excluding hydrogens is 300 g/mol. The van der Waals surface area contributed by atoms with Crippen LogP contribution in [0.15, 0.2) is 18.2 Å². The Morgan fingerprint density at radius 2 is 1.83 bits per heavy atom. The minimum Gasteiger partial charge on any atom is -0.352 e. The monoisotopic (exact) mass is 330 g/mol. The Hall–Kier alpha value is -1.43. The van der Waals surface area contributed by atoms with E-state index in [1.54, 1.807) is 6.92 Å². The van der Waals surface area contributed by atoms with Crippen molar-refractivity contribution >= 4 is 5.91 Å². The zero-order valence-corrected chi connectivity index (χ0v) is 15.0. The van der Waals surface area contributed by atoms with E-state index in [9.17, 15) is 4.79 Å². The summed E-state index contributed by atoms with van der Waals surface area (Å²) in [5.74, 6) is 0.0797. The Morgan fingerprint density at radius 1 is 1.17 bits per heavy atom. The predicted octanol–water partition coefficient (Wildman–Crippen LogP) is 1.11. The smallest absolute Gasteiger partial charge is 0.217 e. The van der Waals surface area contributed by atoms with Crippen LogP contribution in [0.1, 0.15) is 30.0 Å². The van der Waals surface area contributed by atoms with E-state index in [0.29, 0.717) is 6.04 Å². The molecule has 1 aromatic carbocycles. The Labute approximate surface area is 145 Å². The fourth-order valence-electron chi connectivity index (χ4n) is 3.81. The summed E-state index contributed by atoms with van der Waals surface area (Å²) in [5.41, 5.74) is 4.30. The van der Waals surface area contributed by atoms with Crippen LogP contribution in [0, 0.1) is 6.92 Å². The average molecular weight is 330 g/mol. The van der Waals surface area contributed by atoms with E-state index in [1.807, 2.05) is 0 Å². The number of nitrogens with zero attached hydrogens (tertiary/aromatic N) is 2. The Balaban J connectivity index is 1.60. The maximum absolute atomic E-state index is 11.2. The highest BCUT2D eigenvalue weighted by Gasteiger charge is 2.23. The van der Waals surface area contributed by atoms with Crippen molar-refractivity contribution in [2.75, 3.05) is 39.3 Å². The van der Waals surface area contributed by atoms with Crippen molar-refractivity contribution in [2.45, 2.75) is 39.4 Å². The molecule has 1 aromatic rings. The quantitative estimate of drug-likeness (QED) is 0.849. The number of amides is 1. The van der Waals surface area contributed by atoms with Crippen LogP contribution < -0.4 is 10.6 Å². The molecule has 2 aliphatic heterocycles. The molecule has 5 nitrogen and oxygen atoms in total. The van der Waals surface area contributed by atoms with Gasteiger partial charge in [0.15, 0.2) is 0 Å². The second-order valence-corrected chi connectivity index (χ2v) is 7.15. The van der Waals surface area contributed by atoms with Crippen LogP contribution in [0.2, 0.25) is 0 Å². The van der Waals surface area contributed by atoms with E-state index in [1.165, 1.54) is 16.7 Å². The van der Waals surface area contributed by atoms with Crippen LogP contribution in [0.5, 0.6) is 0 Å². The van der Waals surface area contributed by atoms with Crippen LogP contribution in [0.25, 0.3) is 0 Å². The van der Waals surface area contributed by atoms with Crippen LogP contribution in [0.4, 0.5) is 0 Å². The Kier molecular flexibility index (Phi) is 5.87. The van der Waals surface area contributed by atoms with Gasteiger partial charge in [-0.2, -0.15) is 0 Å². The SMILES string of the molecule is CC(=O)N[C@@H]1CCN(Cc2cccc(CN3CCNCC3)c2C)C1. The topological polar surface area (TPSA) is 47.6 Å². The van der Waals surface area contributed by atoms with E-state index in [-0.39, 0.29) is 5.91 Å². The largest absolute Gasteiger partial charge is 0.352 e. The van der Waals surface area contributed by atoms with Gasteiger partial charge < -0.3 is 10.6 Å². The minimum absolute atomic E-state index is 0.0797. The summed E-state index contributed by atoms with van der Waals surface area (Å²) in [4.78, 5) is 16.2. The molecule has 0 aliphatic carbocycles. The summed E-state index contributed by atoms with van der Waals surface area (Å²) in [7, 11) is 0. The molecule has 2 saturated heterocycles. The molecule has 2 heterocycles. The van der Waals surface area contributed by atoms with Gasteiger partial charge in [0.2, 0.25) is 5.91 Å². The molecule has 0 radical (unpaired) electrons. The number of hydrogen-bond acceptors (Lipinski definition) is 4. The van der Waals surface area contributed by atoms with E-state index in [4.69, 9.17) is 0 Å². The second kappa shape index (κ2) is 8.10. The molecule has 0 saturated carbocycles. The molecule has 5 heteroatoms. The lowest BCUT2D eigenvalue weighted by atomic mass is 10.0. The predicted molar refractivity (Wildman–Crippen MR) is 96.8 cm³/mol. The lowest BCUT2D eigenvalue weighted by Crippen LogP contribution is -2.43. The number of benzene rings is 1. The molecule has 0 aromatic heterocycles. The van der Waals surface area contributed by atoms with Gasteiger partial charge >= 0.3 is 0 Å². The van der Waals surface area contributed by atoms with Crippen LogP contribution in [-0.2, 0) is 17.9 Å². The minimum atomic E-state index is 0.0797. The second-order valence-electron chi connectivity index (χ2n) is 7.15. The van der Waals surface area contributed by atoms with Crippen molar-refractivity contribution in [3.63, 3.8) is 0 Å². The summed E-state index contributed by atoms with van der Waals surface area (Å²) in [6.45, 7) is 12.4. The highest BCUT2D eigenvalue weighted by Crippen LogP contribution is 2.20. The summed E-state index contributed by atoms with van der Waals surface area (Å²) in [6.07, 6.45) is 1.05. The van der Waals surface area contributed by atoms with Gasteiger partial charge in [-0.1, -0.05) is 18.2 Å². The Bertz CT molecular complexity index is 568. The van der Waals surface area contributed by atoms with Crippen molar-refractivity contribution in [2.24, 2.45) is 0 Å². The van der Waals surface area contributed by atoms with E-state index in [0.717, 1.165) is 58.8 Å². The maximum Gasteiger partial charge on any atom is 0.217 e. The lowest BCUT2D eigenvalue weighted by molar-refractivity contribution is -0.119. The summed E-state index contributed by atoms with van der Waals surface area (Å²) in [6, 6.07) is 7.03. The summed E-state index contributed by atoms with van der Waals surface area (Å²) in [5, 5.41) is 6.46. The molecule has 1 atom stereocenters. The first-order valence-electron chi connectivity index (χ1n) is 9.11. The number of nitrogens with one attached hydrogen (secondary N) is 2. The number of carbonyl (C=O) groups excluding carboxylic acids is 1. The lowest BCUT2D eigenvalue weighted by Gasteiger charge is -2.28. The average Bonchev–Trinajstić information content (AvgIpc) is 2.98. The van der Waals surface area contributed by atoms with E-state index >= 15 is 0 Å². The normalized spacial score (nSPS) is 22.7. The standard InChI is InChI=1S/C19H30N4O/c1-15-17(12-22-10-7-20-8-11-22)4-3-5-18(15)13-23-9-6-19(14-23)21-16(2)24/h3-5,19-20H,6-14H2,1-2H3,(H,21,24)/t19-/m1/s1. The van der Waals surface area contributed by atoms with Crippen molar-refractivity contribution < 1.29 is 4.79 Å². The first-order chi connectivity index (χ1) is 11.6. The zero-order valence-electron chi connectivity index (χ0n) is 15.0. The maximum atomic E-state index is 11.2. The van der Waals surface area contributed by atoms with Crippen LogP contribution >= 0.6 is 0 Å². The van der Waals surface area contributed by atoms with Gasteiger partial charge in [0.05, 0.1) is 0 Å². The molecule has 132 valence electrons. The van der Waals surface area contributed by atoms with Gasteiger partial charge in [-0.05, 0) is 30.0 Å². The molecule has 0 spiro atoms. The van der Waals surface area contributed by atoms with Gasteiger partial charge in [-0.25, -0.2) is 0 Å². The third-order valence-electron chi connectivity index (χ3n) is 5.24. The number of hydrogen-bond donors (Lipinski definition) is 2. The van der Waals surface area contributed by atoms with E-state index < -0.39 is 0 Å². The molecule has 0 unspecified atom stereocenters. The zero-order chi connectivity index (χ0) is 16.9. The van der Waals surface area contributed by atoms with Gasteiger partial charge in [0, 0.05) is 65.3 Å². The number of likely N-dealkylation sites (tertiary alicyclic amines) is 1. The van der Waals surface area contributed by atoms with Gasteiger partial charge in [0.1, 0.15) is 0 Å². The van der Waals surface area contributed by atoms with Crippen molar-refractivity contribution in [1.82, 2.24) is 20.4 Å². The number of piperazine rings is 1. The summed E-state index contributed by atoms with van der Waals surface area (Å²) < 4.78 is 0. The molecule has 24 heavy (non-hydrogen) atoms. The molecular formula is C19H30N4O. The van der Waals surface area contributed by atoms with Crippen LogP contribution in [0.3, 0.4) is 0 Å². The highest BCUT2D eigenvalue weighted by atomic mass is 16.1. The fraction of sp³-hybridized carbons (Fsp3) is 0.632. The van der Waals surface area contributed by atoms with Crippen molar-refractivity contribution in [3.05, 3.63) is 34.9 Å². The molecule has 2 aliphatic rings. The number of rotatable bonds is 5. The third kappa shape index (κ3) is 4.56. The van der Waals surface area contributed by atoms with Crippen LogP contribution in [-0.4, -0.2) is 61.0 Å². The highest BCUT2D eigenvalue weighted by molar-refractivity contribution is 5.73. The van der Waals surface area contributed by atoms with Crippen molar-refractivity contribution in [3.8, 4) is 0 Å². The first kappa shape index (κ1) is 17.4. The van der Waals surface area contributed by atoms with Gasteiger partial charge in [-0.3, -0.25) is 14.6 Å². The molecule has 2 N–H and O–H groups in total. The number of carbonyl (C=O) groups is 1. The Morgan fingerprint density at radius 3 is 2.50 bits per heavy atom. The fourth-order valence-corrected chi connectivity index (χ4v) is 3.81. The first-order valence-corrected chi connectivity index (χ1v) is 9.11. The van der Waals surface area contributed by atoms with E-state index in [2.05, 4.69) is 45.6 Å². The van der Waals surface area contributed by atoms with Crippen molar-refractivity contribution in [1.29, 1.82) is 0 Å². The van der Waals surface area contributed by atoms with Gasteiger partial charge in [0.25, 0.3) is 0 Å².